The molecule has 3 nitrogen and oxygen atoms in total. The number of hydrogen-bond acceptors (Lipinski definition) is 3. The summed E-state index contributed by atoms with van der Waals surface area (Å²) in [5.41, 5.74) is 3.80. The molecule has 0 aliphatic heterocycles. The minimum Gasteiger partial charge on any atom is -0.396 e. The Morgan fingerprint density at radius 3 is 1.77 bits per heavy atom. The SMILES string of the molecule is CC(C)(CO)Cc1ccc(C(O)c2ccc(C(C)(C)CCO)cc2)cc1. The highest BCUT2D eigenvalue weighted by Crippen LogP contribution is 2.30. The molecule has 0 aliphatic carbocycles. The second kappa shape index (κ2) is 8.34. The van der Waals surface area contributed by atoms with Gasteiger partial charge in [0.1, 0.15) is 6.10 Å². The molecular formula is C23H32O3. The molecule has 0 fully saturated rings. The van der Waals surface area contributed by atoms with Gasteiger partial charge in [-0.1, -0.05) is 76.2 Å². The quantitative estimate of drug-likeness (QED) is 0.670. The first kappa shape index (κ1) is 20.6. The fraction of sp³-hybridized carbons (Fsp3) is 0.478. The van der Waals surface area contributed by atoms with Gasteiger partial charge in [-0.05, 0) is 45.9 Å². The van der Waals surface area contributed by atoms with Crippen molar-refractivity contribution >= 4 is 0 Å². The summed E-state index contributed by atoms with van der Waals surface area (Å²) in [6.45, 7) is 8.61. The average Bonchev–Trinajstić information content (AvgIpc) is 2.61. The Bertz CT molecular complexity index is 684. The van der Waals surface area contributed by atoms with E-state index < -0.39 is 6.10 Å². The smallest absolute Gasteiger partial charge is 0.104 e. The number of aliphatic hydroxyl groups is 3. The lowest BCUT2D eigenvalue weighted by atomic mass is 9.81. The summed E-state index contributed by atoms with van der Waals surface area (Å²) in [6.07, 6.45) is 0.847. The molecule has 2 aromatic carbocycles. The van der Waals surface area contributed by atoms with Crippen molar-refractivity contribution in [3.8, 4) is 0 Å². The van der Waals surface area contributed by atoms with Crippen LogP contribution in [0.25, 0.3) is 0 Å². The van der Waals surface area contributed by atoms with Gasteiger partial charge in [0.25, 0.3) is 0 Å². The largest absolute Gasteiger partial charge is 0.396 e. The van der Waals surface area contributed by atoms with Gasteiger partial charge in [-0.15, -0.1) is 0 Å². The second-order valence-electron chi connectivity index (χ2n) is 8.62. The lowest BCUT2D eigenvalue weighted by molar-refractivity contribution is 0.159. The Kier molecular flexibility index (Phi) is 6.62. The van der Waals surface area contributed by atoms with Gasteiger partial charge in [0, 0.05) is 13.2 Å². The van der Waals surface area contributed by atoms with Crippen molar-refractivity contribution < 1.29 is 15.3 Å². The maximum atomic E-state index is 10.7. The van der Waals surface area contributed by atoms with Crippen LogP contribution in [0.2, 0.25) is 0 Å². The van der Waals surface area contributed by atoms with Crippen LogP contribution in [0.5, 0.6) is 0 Å². The van der Waals surface area contributed by atoms with Gasteiger partial charge in [-0.3, -0.25) is 0 Å². The first-order valence-electron chi connectivity index (χ1n) is 9.27. The molecule has 26 heavy (non-hydrogen) atoms. The molecule has 0 aromatic heterocycles. The molecule has 1 unspecified atom stereocenters. The van der Waals surface area contributed by atoms with Crippen molar-refractivity contribution in [2.24, 2.45) is 5.41 Å². The van der Waals surface area contributed by atoms with Crippen LogP contribution in [0.1, 0.15) is 62.5 Å². The Labute approximate surface area is 157 Å². The van der Waals surface area contributed by atoms with Gasteiger partial charge in [0.2, 0.25) is 0 Å². The van der Waals surface area contributed by atoms with Crippen molar-refractivity contribution in [3.63, 3.8) is 0 Å². The van der Waals surface area contributed by atoms with Crippen LogP contribution in [0, 0.1) is 5.41 Å². The van der Waals surface area contributed by atoms with Crippen molar-refractivity contribution in [2.45, 2.75) is 52.1 Å². The molecule has 2 aromatic rings. The molecule has 0 saturated heterocycles. The minimum atomic E-state index is -0.662. The van der Waals surface area contributed by atoms with E-state index in [9.17, 15) is 15.3 Å². The molecule has 0 radical (unpaired) electrons. The van der Waals surface area contributed by atoms with Crippen molar-refractivity contribution in [1.82, 2.24) is 0 Å². The normalized spacial score (nSPS) is 13.7. The molecule has 0 heterocycles. The Balaban J connectivity index is 2.12. The molecule has 0 amide bonds. The molecule has 0 aliphatic rings. The van der Waals surface area contributed by atoms with Crippen LogP contribution in [-0.4, -0.2) is 28.5 Å². The standard InChI is InChI=1S/C23H32O3/c1-22(2,16-25)15-17-5-7-18(8-6-17)21(26)19-9-11-20(12-10-19)23(3,4)13-14-24/h5-12,21,24-26H,13-16H2,1-4H3. The van der Waals surface area contributed by atoms with Gasteiger partial charge in [-0.25, -0.2) is 0 Å². The van der Waals surface area contributed by atoms with E-state index in [-0.39, 0.29) is 24.0 Å². The topological polar surface area (TPSA) is 60.7 Å². The highest BCUT2D eigenvalue weighted by molar-refractivity contribution is 5.35. The molecule has 0 bridgehead atoms. The lowest BCUT2D eigenvalue weighted by Gasteiger charge is -2.25. The highest BCUT2D eigenvalue weighted by atomic mass is 16.3. The maximum absolute atomic E-state index is 10.7. The molecule has 142 valence electrons. The zero-order valence-electron chi connectivity index (χ0n) is 16.4. The molecule has 0 saturated carbocycles. The number of hydrogen-bond donors (Lipinski definition) is 3. The predicted octanol–water partition coefficient (Wildman–Crippen LogP) is 3.99. The van der Waals surface area contributed by atoms with E-state index in [1.807, 2.05) is 62.4 Å². The molecule has 0 spiro atoms. The third kappa shape index (κ3) is 5.16. The van der Waals surface area contributed by atoms with Crippen LogP contribution >= 0.6 is 0 Å². The van der Waals surface area contributed by atoms with E-state index in [0.29, 0.717) is 6.42 Å². The third-order valence-electron chi connectivity index (χ3n) is 5.15. The van der Waals surface area contributed by atoms with Crippen LogP contribution in [0.4, 0.5) is 0 Å². The Hall–Kier alpha value is -1.68. The van der Waals surface area contributed by atoms with Crippen molar-refractivity contribution in [1.29, 1.82) is 0 Å². The fourth-order valence-electron chi connectivity index (χ4n) is 3.16. The predicted molar refractivity (Wildman–Crippen MR) is 106 cm³/mol. The van der Waals surface area contributed by atoms with Crippen molar-refractivity contribution in [3.05, 3.63) is 70.8 Å². The second-order valence-corrected chi connectivity index (χ2v) is 8.62. The molecule has 3 heteroatoms. The first-order valence-corrected chi connectivity index (χ1v) is 9.27. The van der Waals surface area contributed by atoms with Crippen LogP contribution in [0.15, 0.2) is 48.5 Å². The van der Waals surface area contributed by atoms with E-state index in [2.05, 4.69) is 13.8 Å². The van der Waals surface area contributed by atoms with Crippen molar-refractivity contribution in [2.75, 3.05) is 13.2 Å². The third-order valence-corrected chi connectivity index (χ3v) is 5.15. The molecule has 2 rings (SSSR count). The van der Waals surface area contributed by atoms with Gasteiger partial charge in [0.05, 0.1) is 0 Å². The maximum Gasteiger partial charge on any atom is 0.104 e. The van der Waals surface area contributed by atoms with E-state index in [0.717, 1.165) is 28.7 Å². The van der Waals surface area contributed by atoms with E-state index in [1.165, 1.54) is 0 Å². The Morgan fingerprint density at radius 1 is 0.808 bits per heavy atom. The summed E-state index contributed by atoms with van der Waals surface area (Å²) < 4.78 is 0. The van der Waals surface area contributed by atoms with E-state index in [4.69, 9.17) is 0 Å². The number of aliphatic hydroxyl groups excluding tert-OH is 3. The highest BCUT2D eigenvalue weighted by Gasteiger charge is 2.21. The lowest BCUT2D eigenvalue weighted by Crippen LogP contribution is -2.19. The number of rotatable bonds is 8. The van der Waals surface area contributed by atoms with Crippen LogP contribution in [0.3, 0.4) is 0 Å². The zero-order valence-corrected chi connectivity index (χ0v) is 16.4. The van der Waals surface area contributed by atoms with Gasteiger partial charge in [0.15, 0.2) is 0 Å². The average molecular weight is 357 g/mol. The summed E-state index contributed by atoms with van der Waals surface area (Å²) in [5, 5.41) is 29.3. The van der Waals surface area contributed by atoms with E-state index in [1.54, 1.807) is 0 Å². The minimum absolute atomic E-state index is 0.0839. The molecule has 3 N–H and O–H groups in total. The Morgan fingerprint density at radius 2 is 1.31 bits per heavy atom. The summed E-state index contributed by atoms with van der Waals surface area (Å²) in [6, 6.07) is 15.9. The molecular weight excluding hydrogens is 324 g/mol. The summed E-state index contributed by atoms with van der Waals surface area (Å²) in [4.78, 5) is 0. The fourth-order valence-corrected chi connectivity index (χ4v) is 3.16. The number of benzene rings is 2. The van der Waals surface area contributed by atoms with Gasteiger partial charge in [-0.2, -0.15) is 0 Å². The summed E-state index contributed by atoms with van der Waals surface area (Å²) in [7, 11) is 0. The van der Waals surface area contributed by atoms with Gasteiger partial charge < -0.3 is 15.3 Å². The summed E-state index contributed by atoms with van der Waals surface area (Å²) >= 11 is 0. The van der Waals surface area contributed by atoms with Crippen LogP contribution in [-0.2, 0) is 11.8 Å². The van der Waals surface area contributed by atoms with Gasteiger partial charge >= 0.3 is 0 Å². The monoisotopic (exact) mass is 356 g/mol. The molecule has 1 atom stereocenters. The first-order chi connectivity index (χ1) is 12.2. The summed E-state index contributed by atoms with van der Waals surface area (Å²) in [5.74, 6) is 0. The zero-order chi connectivity index (χ0) is 19.4. The van der Waals surface area contributed by atoms with Crippen LogP contribution < -0.4 is 0 Å². The van der Waals surface area contributed by atoms with E-state index >= 15 is 0 Å².